The fourth-order valence-corrected chi connectivity index (χ4v) is 3.51. The summed E-state index contributed by atoms with van der Waals surface area (Å²) in [4.78, 5) is 15.9. The number of piperidine rings is 1. The van der Waals surface area contributed by atoms with Crippen LogP contribution in [0.3, 0.4) is 0 Å². The van der Waals surface area contributed by atoms with E-state index in [4.69, 9.17) is 14.8 Å². The van der Waals surface area contributed by atoms with Crippen molar-refractivity contribution in [1.29, 1.82) is 0 Å². The lowest BCUT2D eigenvalue weighted by atomic mass is 10.1. The molecule has 2 saturated heterocycles. The third-order valence-corrected chi connectivity index (χ3v) is 5.11. The first-order valence-electron chi connectivity index (χ1n) is 8.97. The fourth-order valence-electron chi connectivity index (χ4n) is 3.51. The van der Waals surface area contributed by atoms with Crippen LogP contribution in [0.4, 0.5) is 5.95 Å². The van der Waals surface area contributed by atoms with Crippen LogP contribution in [0.25, 0.3) is 11.4 Å². The van der Waals surface area contributed by atoms with Gasteiger partial charge in [0.25, 0.3) is 0 Å². The predicted octanol–water partition coefficient (Wildman–Crippen LogP) is 1.55. The summed E-state index contributed by atoms with van der Waals surface area (Å²) in [5.41, 5.74) is 0.913. The molecule has 1 N–H and O–H groups in total. The minimum Gasteiger partial charge on any atom is -0.381 e. The molecule has 25 heavy (non-hydrogen) atoms. The first kappa shape index (κ1) is 16.4. The maximum absolute atomic E-state index is 5.53. The summed E-state index contributed by atoms with van der Waals surface area (Å²) < 4.78 is 7.64. The number of likely N-dealkylation sites (tertiary alicyclic amines) is 1. The normalized spacial score (nSPS) is 22.4. The Bertz CT molecular complexity index is 700. The van der Waals surface area contributed by atoms with Crippen LogP contribution in [0, 0.1) is 0 Å². The van der Waals surface area contributed by atoms with Gasteiger partial charge in [0.2, 0.25) is 5.95 Å². The third-order valence-electron chi connectivity index (χ3n) is 5.11. The summed E-state index contributed by atoms with van der Waals surface area (Å²) in [5.74, 6) is 2.67. The van der Waals surface area contributed by atoms with E-state index in [0.717, 1.165) is 56.2 Å². The van der Waals surface area contributed by atoms with E-state index >= 15 is 0 Å². The highest BCUT2D eigenvalue weighted by Crippen LogP contribution is 2.30. The van der Waals surface area contributed by atoms with Gasteiger partial charge < -0.3 is 15.0 Å². The topological polar surface area (TPSA) is 81.0 Å². The molecule has 2 aliphatic heterocycles. The van der Waals surface area contributed by atoms with Crippen molar-refractivity contribution < 1.29 is 4.74 Å². The summed E-state index contributed by atoms with van der Waals surface area (Å²) in [6.07, 6.45) is 6.81. The summed E-state index contributed by atoms with van der Waals surface area (Å²) >= 11 is 0. The first-order chi connectivity index (χ1) is 12.2. The molecule has 8 nitrogen and oxygen atoms in total. The van der Waals surface area contributed by atoms with E-state index in [9.17, 15) is 0 Å². The third kappa shape index (κ3) is 3.36. The van der Waals surface area contributed by atoms with E-state index in [1.54, 1.807) is 0 Å². The Hall–Kier alpha value is -2.06. The van der Waals surface area contributed by atoms with Gasteiger partial charge in [-0.05, 0) is 39.4 Å². The monoisotopic (exact) mass is 343 g/mol. The van der Waals surface area contributed by atoms with Crippen LogP contribution in [0.5, 0.6) is 0 Å². The molecule has 0 radical (unpaired) electrons. The fraction of sp³-hybridized carbons (Fsp3) is 0.647. The average molecular weight is 343 g/mol. The molecule has 2 aromatic rings. The molecule has 1 unspecified atom stereocenters. The molecule has 4 heterocycles. The average Bonchev–Trinajstić information content (AvgIpc) is 3.32. The van der Waals surface area contributed by atoms with E-state index in [1.807, 2.05) is 19.4 Å². The van der Waals surface area contributed by atoms with E-state index in [2.05, 4.69) is 31.9 Å². The van der Waals surface area contributed by atoms with Gasteiger partial charge in [0.15, 0.2) is 11.6 Å². The second-order valence-corrected chi connectivity index (χ2v) is 6.88. The molecule has 0 spiro atoms. The molecule has 0 aliphatic carbocycles. The van der Waals surface area contributed by atoms with Crippen LogP contribution in [-0.4, -0.2) is 70.0 Å². The van der Waals surface area contributed by atoms with Gasteiger partial charge in [0.05, 0.1) is 18.2 Å². The molecule has 134 valence electrons. The molecule has 0 amide bonds. The van der Waals surface area contributed by atoms with Crippen molar-refractivity contribution in [2.45, 2.75) is 31.2 Å². The molecule has 4 rings (SSSR count). The zero-order chi connectivity index (χ0) is 17.2. The van der Waals surface area contributed by atoms with Gasteiger partial charge in [-0.25, -0.2) is 19.6 Å². The van der Waals surface area contributed by atoms with Crippen LogP contribution < -0.4 is 5.32 Å². The van der Waals surface area contributed by atoms with Gasteiger partial charge in [-0.2, -0.15) is 5.10 Å². The predicted molar refractivity (Wildman–Crippen MR) is 94.5 cm³/mol. The Balaban J connectivity index is 1.69. The second kappa shape index (κ2) is 7.05. The van der Waals surface area contributed by atoms with Gasteiger partial charge in [0, 0.05) is 32.0 Å². The maximum Gasteiger partial charge on any atom is 0.222 e. The van der Waals surface area contributed by atoms with Crippen molar-refractivity contribution in [3.8, 4) is 11.4 Å². The van der Waals surface area contributed by atoms with E-state index in [0.29, 0.717) is 24.5 Å². The Kier molecular flexibility index (Phi) is 4.63. The quantitative estimate of drug-likeness (QED) is 0.902. The van der Waals surface area contributed by atoms with Crippen LogP contribution in [0.2, 0.25) is 0 Å². The molecule has 2 aliphatic rings. The molecule has 0 aromatic carbocycles. The van der Waals surface area contributed by atoms with Crippen LogP contribution in [0.15, 0.2) is 12.4 Å². The smallest absolute Gasteiger partial charge is 0.222 e. The molecular formula is C17H25N7O. The number of ether oxygens (including phenoxy) is 1. The lowest BCUT2D eigenvalue weighted by Gasteiger charge is -2.29. The SMILES string of the molecule is CNc1ncc(-c2nc(C3CCOC3)nn2C2CCN(C)CC2)cn1. The standard InChI is InChI=1S/C17H25N7O/c1-18-17-19-9-13(10-20-17)16-21-15(12-5-8-25-11-12)22-24(16)14-3-6-23(2)7-4-14/h9-10,12,14H,3-8,11H2,1-2H3,(H,18,19,20). The molecule has 2 aromatic heterocycles. The van der Waals surface area contributed by atoms with Crippen molar-refractivity contribution in [2.75, 3.05) is 45.7 Å². The molecular weight excluding hydrogens is 318 g/mol. The zero-order valence-electron chi connectivity index (χ0n) is 14.9. The van der Waals surface area contributed by atoms with Crippen molar-refractivity contribution in [3.05, 3.63) is 18.2 Å². The first-order valence-corrected chi connectivity index (χ1v) is 8.97. The summed E-state index contributed by atoms with van der Waals surface area (Å²) in [6, 6.07) is 0.374. The van der Waals surface area contributed by atoms with Gasteiger partial charge >= 0.3 is 0 Å². The summed E-state index contributed by atoms with van der Waals surface area (Å²) in [7, 11) is 3.98. The van der Waals surface area contributed by atoms with Crippen molar-refractivity contribution in [1.82, 2.24) is 29.6 Å². The van der Waals surface area contributed by atoms with Crippen LogP contribution in [0.1, 0.15) is 37.0 Å². The molecule has 8 heteroatoms. The largest absolute Gasteiger partial charge is 0.381 e. The highest BCUT2D eigenvalue weighted by Gasteiger charge is 2.28. The van der Waals surface area contributed by atoms with Crippen molar-refractivity contribution in [3.63, 3.8) is 0 Å². The maximum atomic E-state index is 5.53. The summed E-state index contributed by atoms with van der Waals surface area (Å²) in [6.45, 7) is 3.68. The van der Waals surface area contributed by atoms with Gasteiger partial charge in [-0.1, -0.05) is 0 Å². The van der Waals surface area contributed by atoms with Crippen molar-refractivity contribution >= 4 is 5.95 Å². The Morgan fingerprint density at radius 1 is 1.16 bits per heavy atom. The number of nitrogens with zero attached hydrogens (tertiary/aromatic N) is 6. The molecule has 0 saturated carbocycles. The Labute approximate surface area is 147 Å². The second-order valence-electron chi connectivity index (χ2n) is 6.88. The lowest BCUT2D eigenvalue weighted by molar-refractivity contribution is 0.192. The molecule has 1 atom stereocenters. The minimum absolute atomic E-state index is 0.295. The Morgan fingerprint density at radius 3 is 2.56 bits per heavy atom. The Morgan fingerprint density at radius 2 is 1.92 bits per heavy atom. The van der Waals surface area contributed by atoms with E-state index in [1.165, 1.54) is 0 Å². The number of hydrogen-bond acceptors (Lipinski definition) is 7. The lowest BCUT2D eigenvalue weighted by Crippen LogP contribution is -2.32. The minimum atomic E-state index is 0.295. The van der Waals surface area contributed by atoms with E-state index < -0.39 is 0 Å². The number of aromatic nitrogens is 5. The van der Waals surface area contributed by atoms with Crippen LogP contribution >= 0.6 is 0 Å². The number of rotatable bonds is 4. The van der Waals surface area contributed by atoms with Gasteiger partial charge in [0.1, 0.15) is 0 Å². The number of nitrogens with one attached hydrogen (secondary N) is 1. The van der Waals surface area contributed by atoms with E-state index in [-0.39, 0.29) is 0 Å². The van der Waals surface area contributed by atoms with Crippen LogP contribution in [-0.2, 0) is 4.74 Å². The summed E-state index contributed by atoms with van der Waals surface area (Å²) in [5, 5.41) is 7.85. The highest BCUT2D eigenvalue weighted by molar-refractivity contribution is 5.53. The number of hydrogen-bond donors (Lipinski definition) is 1. The highest BCUT2D eigenvalue weighted by atomic mass is 16.5. The van der Waals surface area contributed by atoms with Gasteiger partial charge in [-0.15, -0.1) is 0 Å². The molecule has 0 bridgehead atoms. The van der Waals surface area contributed by atoms with Gasteiger partial charge in [-0.3, -0.25) is 0 Å². The number of anilines is 1. The van der Waals surface area contributed by atoms with Crippen molar-refractivity contribution in [2.24, 2.45) is 0 Å². The molecule has 2 fully saturated rings. The zero-order valence-corrected chi connectivity index (χ0v) is 14.9.